The zero-order chi connectivity index (χ0) is 21.2. The second-order valence-electron chi connectivity index (χ2n) is 7.61. The molecule has 1 saturated carbocycles. The highest BCUT2D eigenvalue weighted by Crippen LogP contribution is 2.43. The van der Waals surface area contributed by atoms with Crippen molar-refractivity contribution in [2.45, 2.75) is 38.1 Å². The predicted octanol–water partition coefficient (Wildman–Crippen LogP) is 3.86. The van der Waals surface area contributed by atoms with Crippen molar-refractivity contribution in [1.29, 1.82) is 0 Å². The maximum absolute atomic E-state index is 8.95. The van der Waals surface area contributed by atoms with Gasteiger partial charge in [-0.2, -0.15) is 0 Å². The average molecular weight is 539 g/mol. The lowest BCUT2D eigenvalue weighted by Gasteiger charge is -2.43. The monoisotopic (exact) mass is 539 g/mol. The number of aliphatic hydroxyl groups excluding tert-OH is 1. The molecule has 31 heavy (non-hydrogen) atoms. The molecule has 3 rings (SSSR count). The molecule has 0 saturated heterocycles. The molecule has 1 aliphatic rings. The minimum atomic E-state index is -0.0304. The Bertz CT molecular complexity index is 826. The van der Waals surface area contributed by atoms with E-state index in [1.54, 1.807) is 7.11 Å². The molecule has 0 amide bonds. The highest BCUT2D eigenvalue weighted by Gasteiger charge is 2.38. The number of hydrogen-bond donors (Lipinski definition) is 3. The molecule has 7 heteroatoms. The number of benzene rings is 2. The smallest absolute Gasteiger partial charge is 0.191 e. The van der Waals surface area contributed by atoms with Gasteiger partial charge in [-0.3, -0.25) is 0 Å². The third-order valence-corrected chi connectivity index (χ3v) is 5.63. The summed E-state index contributed by atoms with van der Waals surface area (Å²) in [6.07, 6.45) is 3.68. The Morgan fingerprint density at radius 2 is 1.87 bits per heavy atom. The van der Waals surface area contributed by atoms with E-state index in [1.165, 1.54) is 24.8 Å². The summed E-state index contributed by atoms with van der Waals surface area (Å²) in [7, 11) is 1.61. The minimum absolute atomic E-state index is 0. The van der Waals surface area contributed by atoms with Crippen LogP contribution in [0.2, 0.25) is 0 Å². The lowest BCUT2D eigenvalue weighted by atomic mass is 9.64. The lowest BCUT2D eigenvalue weighted by Crippen LogP contribution is -2.48. The molecule has 0 bridgehead atoms. The Hall–Kier alpha value is -2.00. The Balaban J connectivity index is 0.00000341. The number of aliphatic imine (C=N–C) groups is 1. The van der Waals surface area contributed by atoms with Gasteiger partial charge in [0.25, 0.3) is 0 Å². The van der Waals surface area contributed by atoms with Gasteiger partial charge in [0.1, 0.15) is 6.61 Å². The van der Waals surface area contributed by atoms with Gasteiger partial charge in [0.05, 0.1) is 20.3 Å². The molecular weight excluding hydrogens is 505 g/mol. The third-order valence-electron chi connectivity index (χ3n) is 5.63. The molecule has 1 fully saturated rings. The Morgan fingerprint density at radius 3 is 2.48 bits per heavy atom. The van der Waals surface area contributed by atoms with Gasteiger partial charge in [0, 0.05) is 18.5 Å². The molecule has 6 nitrogen and oxygen atoms in total. The Kier molecular flexibility index (Phi) is 10.4. The van der Waals surface area contributed by atoms with Crippen LogP contribution >= 0.6 is 24.0 Å². The molecule has 2 aromatic carbocycles. The maximum atomic E-state index is 8.95. The first-order valence-corrected chi connectivity index (χ1v) is 10.7. The molecule has 0 aliphatic heterocycles. The summed E-state index contributed by atoms with van der Waals surface area (Å²) in [6.45, 7) is 4.50. The van der Waals surface area contributed by atoms with Crippen molar-refractivity contribution >= 4 is 29.9 Å². The normalized spacial score (nSPS) is 14.7. The van der Waals surface area contributed by atoms with E-state index >= 15 is 0 Å². The van der Waals surface area contributed by atoms with Crippen LogP contribution in [0.25, 0.3) is 0 Å². The summed E-state index contributed by atoms with van der Waals surface area (Å²) in [4.78, 5) is 4.76. The van der Waals surface area contributed by atoms with Crippen molar-refractivity contribution < 1.29 is 14.6 Å². The first kappa shape index (κ1) is 25.3. The van der Waals surface area contributed by atoms with Crippen molar-refractivity contribution in [3.05, 3.63) is 59.7 Å². The fourth-order valence-electron chi connectivity index (χ4n) is 3.81. The third kappa shape index (κ3) is 6.74. The van der Waals surface area contributed by atoms with E-state index in [0.29, 0.717) is 18.0 Å². The van der Waals surface area contributed by atoms with Gasteiger partial charge in [-0.1, -0.05) is 42.8 Å². The van der Waals surface area contributed by atoms with Gasteiger partial charge in [-0.25, -0.2) is 4.99 Å². The van der Waals surface area contributed by atoms with Gasteiger partial charge in [-0.05, 0) is 43.0 Å². The van der Waals surface area contributed by atoms with Crippen LogP contribution in [0.1, 0.15) is 37.3 Å². The standard InChI is InChI=1S/C24H33N3O3.HI/c1-3-25-23(27-18-24(12-7-13-24)20-8-5-4-6-9-20)26-17-19-10-11-21(30-15-14-28)22(16-19)29-2;/h4-6,8-11,16,28H,3,7,12-15,17-18H2,1-2H3,(H2,25,26,27);1H. The molecule has 0 atom stereocenters. The van der Waals surface area contributed by atoms with Gasteiger partial charge in [-0.15, -0.1) is 24.0 Å². The summed E-state index contributed by atoms with van der Waals surface area (Å²) < 4.78 is 10.9. The Morgan fingerprint density at radius 1 is 1.10 bits per heavy atom. The number of methoxy groups -OCH3 is 1. The van der Waals surface area contributed by atoms with Crippen molar-refractivity contribution in [2.75, 3.05) is 33.4 Å². The van der Waals surface area contributed by atoms with Crippen LogP contribution in [0, 0.1) is 0 Å². The number of aliphatic hydroxyl groups is 1. The van der Waals surface area contributed by atoms with Crippen LogP contribution in [0.5, 0.6) is 11.5 Å². The SMILES string of the molecule is CCNC(=NCc1ccc(OCCO)c(OC)c1)NCC1(c2ccccc2)CCC1.I. The molecule has 3 N–H and O–H groups in total. The first-order chi connectivity index (χ1) is 14.7. The first-order valence-electron chi connectivity index (χ1n) is 10.7. The summed E-state index contributed by atoms with van der Waals surface area (Å²) >= 11 is 0. The van der Waals surface area contributed by atoms with Crippen LogP contribution in [0.15, 0.2) is 53.5 Å². The van der Waals surface area contributed by atoms with E-state index in [-0.39, 0.29) is 42.6 Å². The molecule has 0 heterocycles. The van der Waals surface area contributed by atoms with Gasteiger partial charge in [0.2, 0.25) is 0 Å². The molecule has 2 aromatic rings. The molecule has 170 valence electrons. The largest absolute Gasteiger partial charge is 0.493 e. The number of halogens is 1. The number of nitrogens with one attached hydrogen (secondary N) is 2. The topological polar surface area (TPSA) is 75.1 Å². The summed E-state index contributed by atoms with van der Waals surface area (Å²) in [5.74, 6) is 2.09. The fourth-order valence-corrected chi connectivity index (χ4v) is 3.81. The maximum Gasteiger partial charge on any atom is 0.191 e. The quantitative estimate of drug-likeness (QED) is 0.243. The van der Waals surface area contributed by atoms with E-state index in [9.17, 15) is 0 Å². The molecular formula is C24H34IN3O3. The van der Waals surface area contributed by atoms with E-state index < -0.39 is 0 Å². The van der Waals surface area contributed by atoms with E-state index in [2.05, 4.69) is 47.9 Å². The highest BCUT2D eigenvalue weighted by molar-refractivity contribution is 14.0. The number of guanidine groups is 1. The van der Waals surface area contributed by atoms with Crippen molar-refractivity contribution in [1.82, 2.24) is 10.6 Å². The average Bonchev–Trinajstić information content (AvgIpc) is 2.76. The van der Waals surface area contributed by atoms with E-state index in [0.717, 1.165) is 24.6 Å². The number of hydrogen-bond acceptors (Lipinski definition) is 4. The van der Waals surface area contributed by atoms with Crippen LogP contribution < -0.4 is 20.1 Å². The van der Waals surface area contributed by atoms with Gasteiger partial charge < -0.3 is 25.2 Å². The highest BCUT2D eigenvalue weighted by atomic mass is 127. The van der Waals surface area contributed by atoms with Crippen molar-refractivity contribution in [2.24, 2.45) is 4.99 Å². The van der Waals surface area contributed by atoms with Crippen molar-refractivity contribution in [3.8, 4) is 11.5 Å². The molecule has 0 unspecified atom stereocenters. The minimum Gasteiger partial charge on any atom is -0.493 e. The molecule has 0 spiro atoms. The van der Waals surface area contributed by atoms with E-state index in [1.807, 2.05) is 18.2 Å². The Labute approximate surface area is 202 Å². The summed E-state index contributed by atoms with van der Waals surface area (Å²) in [5, 5.41) is 15.8. The fraction of sp³-hybridized carbons (Fsp3) is 0.458. The predicted molar refractivity (Wildman–Crippen MR) is 136 cm³/mol. The zero-order valence-corrected chi connectivity index (χ0v) is 20.7. The molecule has 1 aliphatic carbocycles. The van der Waals surface area contributed by atoms with Gasteiger partial charge in [0.15, 0.2) is 17.5 Å². The number of nitrogens with zero attached hydrogens (tertiary/aromatic N) is 1. The second-order valence-corrected chi connectivity index (χ2v) is 7.61. The zero-order valence-electron chi connectivity index (χ0n) is 18.4. The van der Waals surface area contributed by atoms with Gasteiger partial charge >= 0.3 is 0 Å². The molecule has 0 radical (unpaired) electrons. The van der Waals surface area contributed by atoms with E-state index in [4.69, 9.17) is 19.6 Å². The lowest BCUT2D eigenvalue weighted by molar-refractivity contribution is 0.196. The van der Waals surface area contributed by atoms with Crippen LogP contribution in [0.3, 0.4) is 0 Å². The second kappa shape index (κ2) is 12.8. The van der Waals surface area contributed by atoms with Crippen molar-refractivity contribution in [3.63, 3.8) is 0 Å². The number of rotatable bonds is 10. The molecule has 0 aromatic heterocycles. The van der Waals surface area contributed by atoms with Crippen LogP contribution in [-0.2, 0) is 12.0 Å². The van der Waals surface area contributed by atoms with Crippen LogP contribution in [0.4, 0.5) is 0 Å². The number of ether oxygens (including phenoxy) is 2. The summed E-state index contributed by atoms with van der Waals surface area (Å²) in [6, 6.07) is 16.5. The van der Waals surface area contributed by atoms with Crippen LogP contribution in [-0.4, -0.2) is 44.5 Å². The summed E-state index contributed by atoms with van der Waals surface area (Å²) in [5.41, 5.74) is 2.64.